The van der Waals surface area contributed by atoms with E-state index in [0.717, 1.165) is 34.1 Å². The first-order valence-corrected chi connectivity index (χ1v) is 10.8. The summed E-state index contributed by atoms with van der Waals surface area (Å²) in [7, 11) is 2.01. The fourth-order valence-corrected chi connectivity index (χ4v) is 4.56. The average Bonchev–Trinajstić information content (AvgIpc) is 3.17. The zero-order valence-electron chi connectivity index (χ0n) is 18.1. The van der Waals surface area contributed by atoms with Gasteiger partial charge in [-0.15, -0.1) is 0 Å². The molecule has 0 amide bonds. The molecule has 0 spiro atoms. The molecule has 5 rings (SSSR count). The van der Waals surface area contributed by atoms with E-state index in [2.05, 4.69) is 33.8 Å². The second-order valence-electron chi connectivity index (χ2n) is 8.33. The Morgan fingerprint density at radius 1 is 1.21 bits per heavy atom. The van der Waals surface area contributed by atoms with E-state index in [1.807, 2.05) is 25.4 Å². The highest BCUT2D eigenvalue weighted by atomic mass is 16.7. The maximum Gasteiger partial charge on any atom is 0.511 e. The minimum Gasteiger partial charge on any atom is -0.449 e. The van der Waals surface area contributed by atoms with Crippen molar-refractivity contribution >= 4 is 17.1 Å². The van der Waals surface area contributed by atoms with E-state index in [0.29, 0.717) is 25.1 Å². The summed E-state index contributed by atoms with van der Waals surface area (Å²) in [6.45, 7) is 0.323. The highest BCUT2D eigenvalue weighted by molar-refractivity contribution is 5.85. The van der Waals surface area contributed by atoms with E-state index in [9.17, 15) is 14.7 Å². The van der Waals surface area contributed by atoms with Crippen LogP contribution in [0, 0.1) is 0 Å². The zero-order chi connectivity index (χ0) is 23.1. The van der Waals surface area contributed by atoms with Gasteiger partial charge in [0.05, 0.1) is 30.1 Å². The molecule has 1 aliphatic rings. The molecule has 3 aromatic heterocycles. The molecule has 0 fully saturated rings. The summed E-state index contributed by atoms with van der Waals surface area (Å²) in [6, 6.07) is 12.2. The zero-order valence-corrected chi connectivity index (χ0v) is 18.1. The molecule has 1 aromatic carbocycles. The van der Waals surface area contributed by atoms with Crippen LogP contribution in [0.5, 0.6) is 5.75 Å². The Morgan fingerprint density at radius 3 is 2.79 bits per heavy atom. The Kier molecular flexibility index (Phi) is 5.22. The quantitative estimate of drug-likeness (QED) is 0.462. The Hall–Kier alpha value is -3.91. The van der Waals surface area contributed by atoms with Crippen LogP contribution in [-0.2, 0) is 20.0 Å². The molecule has 0 bridgehead atoms. The van der Waals surface area contributed by atoms with Gasteiger partial charge in [-0.05, 0) is 49.1 Å². The molecule has 0 aliphatic heterocycles. The van der Waals surface area contributed by atoms with E-state index < -0.39 is 17.7 Å². The van der Waals surface area contributed by atoms with Gasteiger partial charge in [0.15, 0.2) is 5.75 Å². The van der Waals surface area contributed by atoms with Crippen molar-refractivity contribution in [1.29, 1.82) is 0 Å². The fraction of sp³-hybridized carbons (Fsp3) is 0.240. The summed E-state index contributed by atoms with van der Waals surface area (Å²) >= 11 is 0. The summed E-state index contributed by atoms with van der Waals surface area (Å²) in [5, 5.41) is 20.6. The molecule has 168 valence electrons. The lowest BCUT2D eigenvalue weighted by Crippen LogP contribution is -2.28. The van der Waals surface area contributed by atoms with Crippen molar-refractivity contribution < 1.29 is 19.7 Å². The first-order chi connectivity index (χ1) is 15.9. The van der Waals surface area contributed by atoms with E-state index in [4.69, 9.17) is 9.84 Å². The molecule has 4 aromatic rings. The molecule has 3 heterocycles. The van der Waals surface area contributed by atoms with E-state index in [-0.39, 0.29) is 11.3 Å². The molecule has 0 saturated heterocycles. The molecule has 1 aliphatic carbocycles. The van der Waals surface area contributed by atoms with Gasteiger partial charge in [0.2, 0.25) is 5.43 Å². The SMILES string of the molecule is Cn1ccc2cc(-c3ccc(Cn4cc(OC(=O)O)c(=O)c5c4CCCC5O)nc3)ccc21. The van der Waals surface area contributed by atoms with Gasteiger partial charge in [0, 0.05) is 41.6 Å². The predicted octanol–water partition coefficient (Wildman–Crippen LogP) is 3.88. The third-order valence-corrected chi connectivity index (χ3v) is 6.20. The molecule has 0 saturated carbocycles. The van der Waals surface area contributed by atoms with Crippen LogP contribution in [0.1, 0.15) is 35.9 Å². The maximum atomic E-state index is 12.7. The van der Waals surface area contributed by atoms with Crippen molar-refractivity contribution in [2.75, 3.05) is 0 Å². The van der Waals surface area contributed by atoms with Crippen molar-refractivity contribution in [3.8, 4) is 16.9 Å². The number of hydrogen-bond donors (Lipinski definition) is 2. The number of nitrogens with zero attached hydrogens (tertiary/aromatic N) is 3. The van der Waals surface area contributed by atoms with Crippen LogP contribution in [0.2, 0.25) is 0 Å². The molecule has 2 N–H and O–H groups in total. The second-order valence-corrected chi connectivity index (χ2v) is 8.33. The molecular formula is C25H23N3O5. The lowest BCUT2D eigenvalue weighted by molar-refractivity contribution is 0.140. The molecule has 33 heavy (non-hydrogen) atoms. The Balaban J connectivity index is 1.48. The summed E-state index contributed by atoms with van der Waals surface area (Å²) < 4.78 is 8.54. The van der Waals surface area contributed by atoms with Crippen LogP contribution in [0.3, 0.4) is 0 Å². The van der Waals surface area contributed by atoms with Crippen LogP contribution < -0.4 is 10.2 Å². The van der Waals surface area contributed by atoms with Gasteiger partial charge in [-0.1, -0.05) is 12.1 Å². The first kappa shape index (κ1) is 21.0. The molecule has 8 nitrogen and oxygen atoms in total. The normalized spacial score (nSPS) is 15.4. The number of carbonyl (C=O) groups is 1. The van der Waals surface area contributed by atoms with Gasteiger partial charge in [0.25, 0.3) is 0 Å². The summed E-state index contributed by atoms with van der Waals surface area (Å²) in [6.07, 6.45) is 4.53. The molecular weight excluding hydrogens is 422 g/mol. The van der Waals surface area contributed by atoms with Crippen LogP contribution in [0.25, 0.3) is 22.0 Å². The van der Waals surface area contributed by atoms with Crippen LogP contribution in [0.15, 0.2) is 59.8 Å². The van der Waals surface area contributed by atoms with Gasteiger partial charge in [-0.3, -0.25) is 9.78 Å². The number of hydrogen-bond acceptors (Lipinski definition) is 5. The summed E-state index contributed by atoms with van der Waals surface area (Å²) in [4.78, 5) is 28.3. The van der Waals surface area contributed by atoms with Crippen molar-refractivity contribution in [3.63, 3.8) is 0 Å². The number of fused-ring (bicyclic) bond motifs is 2. The largest absolute Gasteiger partial charge is 0.511 e. The third-order valence-electron chi connectivity index (χ3n) is 6.20. The van der Waals surface area contributed by atoms with Crippen molar-refractivity contribution in [3.05, 3.63) is 82.2 Å². The van der Waals surface area contributed by atoms with Gasteiger partial charge in [0.1, 0.15) is 0 Å². The minimum absolute atomic E-state index is 0.216. The molecule has 0 radical (unpaired) electrons. The number of benzene rings is 1. The summed E-state index contributed by atoms with van der Waals surface area (Å²) in [5.41, 5.74) is 4.28. The fourth-order valence-electron chi connectivity index (χ4n) is 4.56. The van der Waals surface area contributed by atoms with Crippen molar-refractivity contribution in [1.82, 2.24) is 14.1 Å². The first-order valence-electron chi connectivity index (χ1n) is 10.8. The summed E-state index contributed by atoms with van der Waals surface area (Å²) in [5.74, 6) is -0.310. The number of carboxylic acid groups (broad SMARTS) is 1. The highest BCUT2D eigenvalue weighted by Gasteiger charge is 2.27. The maximum absolute atomic E-state index is 12.7. The molecule has 8 heteroatoms. The van der Waals surface area contributed by atoms with E-state index in [1.165, 1.54) is 6.20 Å². The number of pyridine rings is 2. The van der Waals surface area contributed by atoms with Gasteiger partial charge in [-0.25, -0.2) is 4.79 Å². The van der Waals surface area contributed by atoms with Crippen LogP contribution in [-0.4, -0.2) is 30.5 Å². The van der Waals surface area contributed by atoms with E-state index in [1.54, 1.807) is 10.8 Å². The van der Waals surface area contributed by atoms with Crippen molar-refractivity contribution in [2.24, 2.45) is 7.05 Å². The number of aryl methyl sites for hydroxylation is 1. The Labute approximate surface area is 189 Å². The van der Waals surface area contributed by atoms with Crippen molar-refractivity contribution in [2.45, 2.75) is 31.9 Å². The minimum atomic E-state index is -1.57. The number of aliphatic hydroxyl groups is 1. The number of aliphatic hydroxyl groups excluding tert-OH is 1. The van der Waals surface area contributed by atoms with Crippen LogP contribution in [0.4, 0.5) is 4.79 Å². The van der Waals surface area contributed by atoms with E-state index >= 15 is 0 Å². The van der Waals surface area contributed by atoms with Gasteiger partial charge in [-0.2, -0.15) is 0 Å². The topological polar surface area (TPSA) is 107 Å². The number of rotatable bonds is 4. The van der Waals surface area contributed by atoms with Crippen LogP contribution >= 0.6 is 0 Å². The number of ether oxygens (including phenoxy) is 1. The third kappa shape index (κ3) is 3.89. The predicted molar refractivity (Wildman–Crippen MR) is 123 cm³/mol. The average molecular weight is 445 g/mol. The van der Waals surface area contributed by atoms with Gasteiger partial charge < -0.3 is 24.1 Å². The van der Waals surface area contributed by atoms with Gasteiger partial charge >= 0.3 is 6.16 Å². The Morgan fingerprint density at radius 2 is 2.03 bits per heavy atom. The highest BCUT2D eigenvalue weighted by Crippen LogP contribution is 2.30. The standard InChI is InChI=1S/C25H23N3O5/c1-27-10-9-16-11-15(6-8-19(16)27)17-5-7-18(26-12-17)13-28-14-22(33-25(31)32)24(30)23-20(28)3-2-4-21(23)29/h5-12,14,21,29H,2-4,13H2,1H3,(H,31,32). The molecule has 1 atom stereocenters. The lowest BCUT2D eigenvalue weighted by Gasteiger charge is -2.25. The lowest BCUT2D eigenvalue weighted by atomic mass is 9.92. The second kappa shape index (κ2) is 8.22. The monoisotopic (exact) mass is 445 g/mol. The smallest absolute Gasteiger partial charge is 0.449 e. The Bertz CT molecular complexity index is 1420. The number of aromatic nitrogens is 3. The molecule has 1 unspecified atom stereocenters.